The number of hydrogen-bond donors (Lipinski definition) is 0. The van der Waals surface area contributed by atoms with E-state index < -0.39 is 0 Å². The van der Waals surface area contributed by atoms with Gasteiger partial charge in [0.1, 0.15) is 11.6 Å². The van der Waals surface area contributed by atoms with Crippen molar-refractivity contribution in [1.29, 1.82) is 0 Å². The third kappa shape index (κ3) is 3.46. The molecule has 2 aromatic carbocycles. The van der Waals surface area contributed by atoms with Gasteiger partial charge in [0, 0.05) is 37.5 Å². The van der Waals surface area contributed by atoms with E-state index in [0.29, 0.717) is 0 Å². The van der Waals surface area contributed by atoms with Crippen LogP contribution in [-0.4, -0.2) is 49.7 Å². The van der Waals surface area contributed by atoms with Crippen LogP contribution in [0.1, 0.15) is 36.1 Å². The average Bonchev–Trinajstić information content (AvgIpc) is 2.82. The van der Waals surface area contributed by atoms with E-state index in [1.807, 2.05) is 0 Å². The minimum atomic E-state index is 0.274. The number of benzene rings is 2. The second kappa shape index (κ2) is 8.11. The van der Waals surface area contributed by atoms with Crippen LogP contribution in [0.25, 0.3) is 16.8 Å². The van der Waals surface area contributed by atoms with Gasteiger partial charge in [-0.15, -0.1) is 0 Å². The number of aromatic nitrogens is 1. The maximum Gasteiger partial charge on any atom is 0.136 e. The third-order valence-electron chi connectivity index (χ3n) is 6.55. The molecule has 154 valence electrons. The summed E-state index contributed by atoms with van der Waals surface area (Å²) in [7, 11) is 1.72. The van der Waals surface area contributed by atoms with Gasteiger partial charge in [0.05, 0.1) is 12.8 Å². The molecule has 0 radical (unpaired) electrons. The number of hydrogen-bond acceptors (Lipinski definition) is 4. The largest absolute Gasteiger partial charge is 0.497 e. The van der Waals surface area contributed by atoms with Crippen LogP contribution in [-0.2, 0) is 0 Å². The van der Waals surface area contributed by atoms with Crippen LogP contribution >= 0.6 is 0 Å². The van der Waals surface area contributed by atoms with Crippen molar-refractivity contribution in [3.63, 3.8) is 0 Å². The van der Waals surface area contributed by atoms with Crippen LogP contribution in [0.5, 0.6) is 5.75 Å². The second-order valence-electron chi connectivity index (χ2n) is 8.20. The first-order valence-electron chi connectivity index (χ1n) is 11.0. The van der Waals surface area contributed by atoms with Gasteiger partial charge >= 0.3 is 0 Å². The Morgan fingerprint density at radius 3 is 2.67 bits per heavy atom. The molecule has 1 aliphatic heterocycles. The number of pyridine rings is 1. The molecule has 2 heterocycles. The molecule has 0 amide bonds. The summed E-state index contributed by atoms with van der Waals surface area (Å²) in [6.45, 7) is 7.64. The molecule has 4 heteroatoms. The molecule has 30 heavy (non-hydrogen) atoms. The van der Waals surface area contributed by atoms with Crippen molar-refractivity contribution < 1.29 is 4.74 Å². The molecule has 0 bridgehead atoms. The van der Waals surface area contributed by atoms with Gasteiger partial charge < -0.3 is 14.5 Å². The molecule has 5 rings (SSSR count). The number of anilines is 1. The van der Waals surface area contributed by atoms with Gasteiger partial charge in [0.15, 0.2) is 0 Å². The minimum absolute atomic E-state index is 0.274. The lowest BCUT2D eigenvalue weighted by molar-refractivity contribution is 0.270. The summed E-state index contributed by atoms with van der Waals surface area (Å²) in [5.41, 5.74) is 3.74. The first-order chi connectivity index (χ1) is 14.8. The van der Waals surface area contributed by atoms with E-state index in [0.717, 1.165) is 56.4 Å². The summed E-state index contributed by atoms with van der Waals surface area (Å²) < 4.78 is 5.44. The molecule has 3 aromatic rings. The Labute approximate surface area is 178 Å². The Balaban J connectivity index is 1.57. The molecule has 1 unspecified atom stereocenters. The van der Waals surface area contributed by atoms with Crippen molar-refractivity contribution in [2.75, 3.05) is 44.7 Å². The molecule has 0 spiro atoms. The summed E-state index contributed by atoms with van der Waals surface area (Å²) in [5, 5.41) is 2.53. The molecule has 1 fully saturated rings. The maximum absolute atomic E-state index is 5.44. The van der Waals surface area contributed by atoms with Gasteiger partial charge in [-0.2, -0.15) is 0 Å². The highest BCUT2D eigenvalue weighted by Gasteiger charge is 2.24. The summed E-state index contributed by atoms with van der Waals surface area (Å²) in [6.07, 6.45) is 5.46. The van der Waals surface area contributed by atoms with Crippen LogP contribution in [0.3, 0.4) is 0 Å². The van der Waals surface area contributed by atoms with Gasteiger partial charge in [-0.1, -0.05) is 49.4 Å². The molecule has 1 aromatic heterocycles. The van der Waals surface area contributed by atoms with Crippen LogP contribution in [0.15, 0.2) is 54.6 Å². The maximum atomic E-state index is 5.44. The van der Waals surface area contributed by atoms with Crippen molar-refractivity contribution in [3.8, 4) is 5.75 Å². The fourth-order valence-electron chi connectivity index (χ4n) is 4.78. The molecule has 2 aliphatic rings. The molecule has 0 saturated carbocycles. The Morgan fingerprint density at radius 1 is 1.03 bits per heavy atom. The number of likely N-dealkylation sites (N-methyl/N-ethyl adjacent to an activating group) is 1. The van der Waals surface area contributed by atoms with E-state index in [4.69, 9.17) is 9.72 Å². The lowest BCUT2D eigenvalue weighted by Gasteiger charge is -2.35. The van der Waals surface area contributed by atoms with Gasteiger partial charge in [-0.25, -0.2) is 4.98 Å². The normalized spacial score (nSPS) is 19.1. The molecular weight excluding hydrogens is 370 g/mol. The summed E-state index contributed by atoms with van der Waals surface area (Å²) in [6, 6.07) is 17.4. The van der Waals surface area contributed by atoms with Crippen LogP contribution < -0.4 is 9.64 Å². The topological polar surface area (TPSA) is 28.6 Å². The first kappa shape index (κ1) is 19.1. The highest BCUT2D eigenvalue weighted by atomic mass is 16.5. The van der Waals surface area contributed by atoms with Crippen molar-refractivity contribution in [1.82, 2.24) is 9.88 Å². The lowest BCUT2D eigenvalue weighted by atomic mass is 9.84. The Bertz CT molecular complexity index is 1080. The van der Waals surface area contributed by atoms with Crippen LogP contribution in [0.2, 0.25) is 0 Å². The second-order valence-corrected chi connectivity index (χ2v) is 8.20. The number of methoxy groups -OCH3 is 1. The quantitative estimate of drug-likeness (QED) is 0.622. The number of fused-ring (bicyclic) bond motifs is 2. The zero-order chi connectivity index (χ0) is 20.5. The highest BCUT2D eigenvalue weighted by molar-refractivity contribution is 5.93. The molecular formula is C26H29N3O. The predicted octanol–water partition coefficient (Wildman–Crippen LogP) is 4.93. The Morgan fingerprint density at radius 2 is 1.87 bits per heavy atom. The smallest absolute Gasteiger partial charge is 0.136 e. The van der Waals surface area contributed by atoms with E-state index in [-0.39, 0.29) is 5.92 Å². The molecule has 4 nitrogen and oxygen atoms in total. The standard InChI is InChI=1S/C26H29N3O/c1-3-28-13-15-29(16-14-28)26-23-9-5-4-7-20(23)18-25(27-26)24-10-6-8-19-17-21(30-2)11-12-22(19)24/h4-9,11-12,17-18,24H,3,10,13-16H2,1-2H3. The Hall–Kier alpha value is -2.85. The fourth-order valence-corrected chi connectivity index (χ4v) is 4.78. The van der Waals surface area contributed by atoms with Gasteiger partial charge in [-0.05, 0) is 47.7 Å². The van der Waals surface area contributed by atoms with Gasteiger partial charge in [0.2, 0.25) is 0 Å². The number of nitrogens with zero attached hydrogens (tertiary/aromatic N) is 3. The zero-order valence-corrected chi connectivity index (χ0v) is 17.8. The van der Waals surface area contributed by atoms with Crippen LogP contribution in [0.4, 0.5) is 5.82 Å². The van der Waals surface area contributed by atoms with E-state index >= 15 is 0 Å². The SMILES string of the molecule is CCN1CCN(c2nc(C3CC=Cc4cc(OC)ccc43)cc3ccccc23)CC1. The van der Waals surface area contributed by atoms with E-state index in [2.05, 4.69) is 77.4 Å². The van der Waals surface area contributed by atoms with E-state index in [9.17, 15) is 0 Å². The van der Waals surface area contributed by atoms with Gasteiger partial charge in [0.25, 0.3) is 0 Å². The van der Waals surface area contributed by atoms with E-state index in [1.165, 1.54) is 21.9 Å². The number of rotatable bonds is 4. The molecule has 1 atom stereocenters. The monoisotopic (exact) mass is 399 g/mol. The van der Waals surface area contributed by atoms with Crippen molar-refractivity contribution >= 4 is 22.7 Å². The number of allylic oxidation sites excluding steroid dienone is 1. The van der Waals surface area contributed by atoms with Crippen molar-refractivity contribution in [2.24, 2.45) is 0 Å². The summed E-state index contributed by atoms with van der Waals surface area (Å²) in [4.78, 5) is 10.3. The van der Waals surface area contributed by atoms with E-state index in [1.54, 1.807) is 7.11 Å². The van der Waals surface area contributed by atoms with Crippen molar-refractivity contribution in [3.05, 3.63) is 71.4 Å². The minimum Gasteiger partial charge on any atom is -0.497 e. The zero-order valence-electron chi connectivity index (χ0n) is 17.8. The first-order valence-corrected chi connectivity index (χ1v) is 11.0. The predicted molar refractivity (Wildman–Crippen MR) is 125 cm³/mol. The molecule has 0 N–H and O–H groups in total. The molecule has 1 aliphatic carbocycles. The molecule has 1 saturated heterocycles. The Kier molecular flexibility index (Phi) is 5.17. The third-order valence-corrected chi connectivity index (χ3v) is 6.55. The summed E-state index contributed by atoms with van der Waals surface area (Å²) in [5.74, 6) is 2.32. The fraction of sp³-hybridized carbons (Fsp3) is 0.346. The van der Waals surface area contributed by atoms with Crippen molar-refractivity contribution in [2.45, 2.75) is 19.3 Å². The van der Waals surface area contributed by atoms with Crippen LogP contribution in [0, 0.1) is 0 Å². The number of piperazine rings is 1. The average molecular weight is 400 g/mol. The lowest BCUT2D eigenvalue weighted by Crippen LogP contribution is -2.46. The summed E-state index contributed by atoms with van der Waals surface area (Å²) >= 11 is 0. The van der Waals surface area contributed by atoms with Gasteiger partial charge in [-0.3, -0.25) is 0 Å². The highest BCUT2D eigenvalue weighted by Crippen LogP contribution is 2.38. The number of ether oxygens (including phenoxy) is 1.